The Morgan fingerprint density at radius 3 is 2.46 bits per heavy atom. The van der Waals surface area contributed by atoms with Crippen LogP contribution in [0, 0.1) is 13.8 Å². The Morgan fingerprint density at radius 2 is 1.79 bits per heavy atom. The maximum absolute atomic E-state index is 12.7. The van der Waals surface area contributed by atoms with Gasteiger partial charge in [0.25, 0.3) is 0 Å². The second-order valence-electron chi connectivity index (χ2n) is 6.95. The molecule has 0 aliphatic rings. The minimum absolute atomic E-state index is 0.0219. The Labute approximate surface area is 170 Å². The van der Waals surface area contributed by atoms with Crippen LogP contribution in [0.4, 0.5) is 5.69 Å². The SMILES string of the molecule is Cc1nn(-c2ccccc2)c(C)c1NC(=O)CN(C)C(C)c1ccccc1Cl. The number of carbonyl (C=O) groups excluding carboxylic acids is 1. The number of nitrogens with zero attached hydrogens (tertiary/aromatic N) is 3. The molecule has 0 spiro atoms. The lowest BCUT2D eigenvalue weighted by Crippen LogP contribution is -2.32. The number of amides is 1. The van der Waals surface area contributed by atoms with Gasteiger partial charge in [0.1, 0.15) is 0 Å². The summed E-state index contributed by atoms with van der Waals surface area (Å²) < 4.78 is 1.85. The molecule has 0 aliphatic carbocycles. The number of para-hydroxylation sites is 1. The number of hydrogen-bond acceptors (Lipinski definition) is 3. The van der Waals surface area contributed by atoms with E-state index in [1.807, 2.05) is 92.0 Å². The number of rotatable bonds is 6. The molecule has 1 atom stereocenters. The van der Waals surface area contributed by atoms with Gasteiger partial charge in [-0.25, -0.2) is 4.68 Å². The molecule has 2 aromatic carbocycles. The number of halogens is 1. The summed E-state index contributed by atoms with van der Waals surface area (Å²) >= 11 is 6.29. The first-order valence-electron chi connectivity index (χ1n) is 9.24. The predicted octanol–water partition coefficient (Wildman–Crippen LogP) is 4.77. The van der Waals surface area contributed by atoms with E-state index in [0.29, 0.717) is 5.02 Å². The summed E-state index contributed by atoms with van der Waals surface area (Å²) in [6.45, 7) is 6.15. The van der Waals surface area contributed by atoms with Gasteiger partial charge in [0.15, 0.2) is 0 Å². The first-order valence-corrected chi connectivity index (χ1v) is 9.62. The fraction of sp³-hybridized carbons (Fsp3) is 0.273. The van der Waals surface area contributed by atoms with E-state index in [9.17, 15) is 4.79 Å². The van der Waals surface area contributed by atoms with E-state index in [0.717, 1.165) is 28.3 Å². The molecule has 0 bridgehead atoms. The van der Waals surface area contributed by atoms with Gasteiger partial charge in [0, 0.05) is 11.1 Å². The van der Waals surface area contributed by atoms with Crippen LogP contribution in [0.3, 0.4) is 0 Å². The number of aryl methyl sites for hydroxylation is 1. The monoisotopic (exact) mass is 396 g/mol. The molecule has 146 valence electrons. The molecule has 0 aliphatic heterocycles. The number of nitrogens with one attached hydrogen (secondary N) is 1. The molecule has 1 aromatic heterocycles. The number of benzene rings is 2. The topological polar surface area (TPSA) is 50.2 Å². The Bertz CT molecular complexity index is 968. The van der Waals surface area contributed by atoms with Crippen molar-refractivity contribution < 1.29 is 4.79 Å². The molecule has 0 saturated heterocycles. The van der Waals surface area contributed by atoms with Crippen molar-refractivity contribution >= 4 is 23.2 Å². The van der Waals surface area contributed by atoms with E-state index in [-0.39, 0.29) is 18.5 Å². The summed E-state index contributed by atoms with van der Waals surface area (Å²) in [5, 5.41) is 8.31. The van der Waals surface area contributed by atoms with Crippen LogP contribution in [0.1, 0.15) is 29.9 Å². The van der Waals surface area contributed by atoms with E-state index < -0.39 is 0 Å². The van der Waals surface area contributed by atoms with Gasteiger partial charge in [-0.3, -0.25) is 9.69 Å². The first-order chi connectivity index (χ1) is 13.4. The van der Waals surface area contributed by atoms with Gasteiger partial charge in [-0.05, 0) is 51.6 Å². The standard InChI is InChI=1S/C22H25ClN4O/c1-15-22(17(3)27(25-15)18-10-6-5-7-11-18)24-21(28)14-26(4)16(2)19-12-8-9-13-20(19)23/h5-13,16H,14H2,1-4H3,(H,24,28). The Balaban J connectivity index is 1.72. The molecule has 3 rings (SSSR count). The lowest BCUT2D eigenvalue weighted by atomic mass is 10.1. The van der Waals surface area contributed by atoms with Crippen LogP contribution in [0.2, 0.25) is 5.02 Å². The van der Waals surface area contributed by atoms with E-state index >= 15 is 0 Å². The smallest absolute Gasteiger partial charge is 0.238 e. The zero-order chi connectivity index (χ0) is 20.3. The highest BCUT2D eigenvalue weighted by molar-refractivity contribution is 6.31. The molecule has 6 heteroatoms. The van der Waals surface area contributed by atoms with E-state index in [1.165, 1.54) is 0 Å². The highest BCUT2D eigenvalue weighted by Gasteiger charge is 2.19. The fourth-order valence-corrected chi connectivity index (χ4v) is 3.53. The minimum atomic E-state index is -0.0831. The number of carbonyl (C=O) groups is 1. The van der Waals surface area contributed by atoms with Gasteiger partial charge in [-0.2, -0.15) is 5.10 Å². The third-order valence-electron chi connectivity index (χ3n) is 4.97. The highest BCUT2D eigenvalue weighted by atomic mass is 35.5. The van der Waals surface area contributed by atoms with Gasteiger partial charge in [0.05, 0.1) is 29.3 Å². The lowest BCUT2D eigenvalue weighted by Gasteiger charge is -2.25. The van der Waals surface area contributed by atoms with Gasteiger partial charge < -0.3 is 5.32 Å². The molecule has 1 amide bonds. The van der Waals surface area contributed by atoms with Crippen LogP contribution < -0.4 is 5.32 Å². The molecular weight excluding hydrogens is 372 g/mol. The summed E-state index contributed by atoms with van der Waals surface area (Å²) in [5.74, 6) is -0.0831. The Kier molecular flexibility index (Phi) is 6.17. The minimum Gasteiger partial charge on any atom is -0.322 e. The van der Waals surface area contributed by atoms with Gasteiger partial charge in [-0.15, -0.1) is 0 Å². The summed E-state index contributed by atoms with van der Waals surface area (Å²) in [5.41, 5.74) is 4.42. The average molecular weight is 397 g/mol. The van der Waals surface area contributed by atoms with Crippen LogP contribution >= 0.6 is 11.6 Å². The zero-order valence-corrected chi connectivity index (χ0v) is 17.4. The molecule has 28 heavy (non-hydrogen) atoms. The van der Waals surface area contributed by atoms with Crippen LogP contribution in [-0.4, -0.2) is 34.2 Å². The van der Waals surface area contributed by atoms with E-state index in [1.54, 1.807) is 0 Å². The Morgan fingerprint density at radius 1 is 1.14 bits per heavy atom. The summed E-state index contributed by atoms with van der Waals surface area (Å²) in [4.78, 5) is 14.6. The van der Waals surface area contributed by atoms with Crippen LogP contribution in [0.25, 0.3) is 5.69 Å². The van der Waals surface area contributed by atoms with Crippen molar-refractivity contribution in [1.29, 1.82) is 0 Å². The van der Waals surface area contributed by atoms with E-state index in [2.05, 4.69) is 10.4 Å². The van der Waals surface area contributed by atoms with Crippen molar-refractivity contribution in [3.8, 4) is 5.69 Å². The fourth-order valence-electron chi connectivity index (χ4n) is 3.24. The third kappa shape index (κ3) is 4.26. The second-order valence-corrected chi connectivity index (χ2v) is 7.36. The average Bonchev–Trinajstić information content (AvgIpc) is 2.96. The second kappa shape index (κ2) is 8.59. The Hall–Kier alpha value is -2.63. The van der Waals surface area contributed by atoms with Crippen molar-refractivity contribution in [2.24, 2.45) is 0 Å². The van der Waals surface area contributed by atoms with Crippen molar-refractivity contribution in [1.82, 2.24) is 14.7 Å². The summed E-state index contributed by atoms with van der Waals surface area (Å²) in [6.07, 6.45) is 0. The molecule has 5 nitrogen and oxygen atoms in total. The molecule has 0 fully saturated rings. The highest BCUT2D eigenvalue weighted by Crippen LogP contribution is 2.26. The van der Waals surface area contributed by atoms with Crippen LogP contribution in [0.15, 0.2) is 54.6 Å². The predicted molar refractivity (Wildman–Crippen MR) is 114 cm³/mol. The third-order valence-corrected chi connectivity index (χ3v) is 5.31. The molecule has 3 aromatic rings. The van der Waals surface area contributed by atoms with Crippen molar-refractivity contribution in [2.75, 3.05) is 18.9 Å². The molecular formula is C22H25ClN4O. The maximum atomic E-state index is 12.7. The number of likely N-dealkylation sites (N-methyl/N-ethyl adjacent to an activating group) is 1. The number of hydrogen-bond donors (Lipinski definition) is 1. The molecule has 0 saturated carbocycles. The molecule has 1 unspecified atom stereocenters. The van der Waals surface area contributed by atoms with Gasteiger partial charge in [0.2, 0.25) is 5.91 Å². The van der Waals surface area contributed by atoms with Crippen LogP contribution in [-0.2, 0) is 4.79 Å². The van der Waals surface area contributed by atoms with E-state index in [4.69, 9.17) is 11.6 Å². The normalized spacial score (nSPS) is 12.2. The van der Waals surface area contributed by atoms with Crippen molar-refractivity contribution in [3.63, 3.8) is 0 Å². The lowest BCUT2D eigenvalue weighted by molar-refractivity contribution is -0.117. The first kappa shape index (κ1) is 20.1. The number of aromatic nitrogens is 2. The molecule has 0 radical (unpaired) electrons. The zero-order valence-electron chi connectivity index (χ0n) is 16.6. The molecule has 1 heterocycles. The van der Waals surface area contributed by atoms with Crippen molar-refractivity contribution in [3.05, 3.63) is 76.6 Å². The van der Waals surface area contributed by atoms with Gasteiger partial charge in [-0.1, -0.05) is 48.0 Å². The quantitative estimate of drug-likeness (QED) is 0.652. The molecule has 1 N–H and O–H groups in total. The largest absolute Gasteiger partial charge is 0.322 e. The summed E-state index contributed by atoms with van der Waals surface area (Å²) in [6, 6.07) is 17.6. The van der Waals surface area contributed by atoms with Crippen molar-refractivity contribution in [2.45, 2.75) is 26.8 Å². The van der Waals surface area contributed by atoms with Crippen LogP contribution in [0.5, 0.6) is 0 Å². The number of anilines is 1. The summed E-state index contributed by atoms with van der Waals surface area (Å²) in [7, 11) is 1.92. The maximum Gasteiger partial charge on any atom is 0.238 e. The van der Waals surface area contributed by atoms with Gasteiger partial charge >= 0.3 is 0 Å².